The van der Waals surface area contributed by atoms with Gasteiger partial charge in [-0.2, -0.15) is 26.9 Å². The molecule has 1 aliphatic rings. The number of carbonyl (C=O) groups excluding carboxylic acids is 1. The molecule has 0 saturated carbocycles. The average Bonchev–Trinajstić information content (AvgIpc) is 3.05. The molecule has 1 N–H and O–H groups in total. The lowest BCUT2D eigenvalue weighted by Gasteiger charge is -2.28. The molecular formula is C17H15F5N4O3. The Hall–Kier alpha value is -3.18. The van der Waals surface area contributed by atoms with Crippen molar-refractivity contribution < 1.29 is 36.2 Å². The third-order valence-corrected chi connectivity index (χ3v) is 4.02. The largest absolute Gasteiger partial charge is 0.463 e. The summed E-state index contributed by atoms with van der Waals surface area (Å²) in [5.41, 5.74) is 0.547. The Labute approximate surface area is 161 Å². The number of benzene rings is 1. The van der Waals surface area contributed by atoms with Gasteiger partial charge in [0.1, 0.15) is 11.8 Å². The molecule has 12 heteroatoms. The second-order valence-corrected chi connectivity index (χ2v) is 5.94. The summed E-state index contributed by atoms with van der Waals surface area (Å²) in [5, 5.41) is 6.13. The summed E-state index contributed by atoms with van der Waals surface area (Å²) in [7, 11) is 0. The normalized spacial score (nSPS) is 16.5. The number of alkyl halides is 5. The van der Waals surface area contributed by atoms with E-state index in [0.717, 1.165) is 4.68 Å². The molecule has 1 aromatic carbocycles. The average molecular weight is 418 g/mol. The number of carbonyl (C=O) groups is 1. The molecule has 0 spiro atoms. The smallest absolute Gasteiger partial charge is 0.453 e. The van der Waals surface area contributed by atoms with Crippen LogP contribution in [0.1, 0.15) is 31.3 Å². The second kappa shape index (κ2) is 7.68. The highest BCUT2D eigenvalue weighted by Gasteiger charge is 2.41. The van der Waals surface area contributed by atoms with E-state index in [2.05, 4.69) is 20.1 Å². The Bertz CT molecular complexity index is 938. The summed E-state index contributed by atoms with van der Waals surface area (Å²) in [6.45, 7) is 0.0757. The van der Waals surface area contributed by atoms with Crippen LogP contribution in [0.3, 0.4) is 0 Å². The highest BCUT2D eigenvalue weighted by molar-refractivity contribution is 5.92. The van der Waals surface area contributed by atoms with Crippen molar-refractivity contribution in [3.63, 3.8) is 0 Å². The Balaban J connectivity index is 2.10. The number of rotatable bonds is 5. The van der Waals surface area contributed by atoms with E-state index >= 15 is 0 Å². The molecule has 3 rings (SSSR count). The molecule has 156 valence electrons. The first-order valence-corrected chi connectivity index (χ1v) is 8.35. The van der Waals surface area contributed by atoms with Crippen molar-refractivity contribution in [1.29, 1.82) is 0 Å². The minimum atomic E-state index is -4.80. The van der Waals surface area contributed by atoms with Crippen molar-refractivity contribution >= 4 is 11.9 Å². The van der Waals surface area contributed by atoms with Crippen LogP contribution in [-0.4, -0.2) is 34.0 Å². The van der Waals surface area contributed by atoms with Gasteiger partial charge in [0.2, 0.25) is 5.95 Å². The van der Waals surface area contributed by atoms with Crippen LogP contribution in [0.4, 0.5) is 27.9 Å². The summed E-state index contributed by atoms with van der Waals surface area (Å²) in [4.78, 5) is 15.9. The molecule has 0 bridgehead atoms. The van der Waals surface area contributed by atoms with Crippen molar-refractivity contribution in [1.82, 2.24) is 14.8 Å². The number of anilines is 1. The Kier molecular flexibility index (Phi) is 5.44. The predicted molar refractivity (Wildman–Crippen MR) is 89.2 cm³/mol. The Morgan fingerprint density at radius 2 is 1.93 bits per heavy atom. The zero-order chi connectivity index (χ0) is 21.3. The number of hydrogen-bond acceptors (Lipinski definition) is 6. The van der Waals surface area contributed by atoms with E-state index in [1.165, 1.54) is 31.2 Å². The van der Waals surface area contributed by atoms with E-state index < -0.39 is 30.6 Å². The first kappa shape index (κ1) is 20.6. The maximum Gasteiger partial charge on any atom is 0.453 e. The quantitative estimate of drug-likeness (QED) is 0.589. The van der Waals surface area contributed by atoms with Gasteiger partial charge in [-0.25, -0.2) is 9.48 Å². The van der Waals surface area contributed by atoms with Crippen LogP contribution in [0.5, 0.6) is 5.75 Å². The SMILES string of the molecule is CCOC(=O)C1=C(C)Nc2nc(C(F)(F)F)nn2[C@H]1c1ccc(OC(F)F)cc1. The number of aromatic nitrogens is 3. The number of allylic oxidation sites excluding steroid dienone is 1. The van der Waals surface area contributed by atoms with Gasteiger partial charge in [0.15, 0.2) is 0 Å². The molecule has 7 nitrogen and oxygen atoms in total. The molecule has 0 radical (unpaired) electrons. The van der Waals surface area contributed by atoms with Gasteiger partial charge in [0.05, 0.1) is 12.2 Å². The maximum atomic E-state index is 13.1. The summed E-state index contributed by atoms with van der Waals surface area (Å²) in [6, 6.07) is 4.00. The minimum Gasteiger partial charge on any atom is -0.463 e. The summed E-state index contributed by atoms with van der Waals surface area (Å²) in [6.07, 6.45) is -4.80. The van der Waals surface area contributed by atoms with Gasteiger partial charge in [-0.05, 0) is 31.5 Å². The van der Waals surface area contributed by atoms with Gasteiger partial charge >= 0.3 is 18.8 Å². The number of nitrogens with one attached hydrogen (secondary N) is 1. The fourth-order valence-electron chi connectivity index (χ4n) is 2.88. The Morgan fingerprint density at radius 1 is 1.28 bits per heavy atom. The van der Waals surface area contributed by atoms with Crippen molar-refractivity contribution in [3.05, 3.63) is 46.9 Å². The third kappa shape index (κ3) is 4.15. The van der Waals surface area contributed by atoms with E-state index in [1.54, 1.807) is 6.92 Å². The van der Waals surface area contributed by atoms with E-state index in [1.807, 2.05) is 0 Å². The maximum absolute atomic E-state index is 13.1. The second-order valence-electron chi connectivity index (χ2n) is 5.94. The molecule has 0 aliphatic carbocycles. The molecule has 1 aromatic heterocycles. The first-order valence-electron chi connectivity index (χ1n) is 8.35. The van der Waals surface area contributed by atoms with Crippen LogP contribution < -0.4 is 10.1 Å². The molecule has 0 fully saturated rings. The van der Waals surface area contributed by atoms with Crippen molar-refractivity contribution in [2.45, 2.75) is 32.7 Å². The molecule has 0 saturated heterocycles. The zero-order valence-electron chi connectivity index (χ0n) is 15.1. The number of ether oxygens (including phenoxy) is 2. The first-order chi connectivity index (χ1) is 13.6. The van der Waals surface area contributed by atoms with Crippen LogP contribution in [-0.2, 0) is 15.7 Å². The fraction of sp³-hybridized carbons (Fsp3) is 0.353. The van der Waals surface area contributed by atoms with E-state index in [-0.39, 0.29) is 29.6 Å². The summed E-state index contributed by atoms with van der Waals surface area (Å²) in [5.74, 6) is -2.52. The molecule has 1 aliphatic heterocycles. The standard InChI is InChI=1S/C17H15F5N4O3/c1-3-28-13(27)11-8(2)23-16-24-14(17(20,21)22)25-26(16)12(11)9-4-6-10(7-5-9)29-15(18)19/h4-7,12,15H,3H2,1-2H3,(H,23,24,25)/t12-/m0/s1. The van der Waals surface area contributed by atoms with E-state index in [0.29, 0.717) is 5.56 Å². The van der Waals surface area contributed by atoms with Crippen molar-refractivity contribution in [2.24, 2.45) is 0 Å². The molecular weight excluding hydrogens is 403 g/mol. The van der Waals surface area contributed by atoms with Gasteiger partial charge in [-0.1, -0.05) is 12.1 Å². The topological polar surface area (TPSA) is 78.3 Å². The molecule has 0 amide bonds. The van der Waals surface area contributed by atoms with Crippen LogP contribution in [0.25, 0.3) is 0 Å². The molecule has 0 unspecified atom stereocenters. The number of halogens is 5. The number of esters is 1. The molecule has 1 atom stereocenters. The summed E-state index contributed by atoms with van der Waals surface area (Å²) < 4.78 is 74.2. The van der Waals surface area contributed by atoms with Gasteiger partial charge in [-0.15, -0.1) is 5.10 Å². The fourth-order valence-corrected chi connectivity index (χ4v) is 2.88. The van der Waals surface area contributed by atoms with Gasteiger partial charge in [0.25, 0.3) is 5.82 Å². The zero-order valence-corrected chi connectivity index (χ0v) is 15.1. The minimum absolute atomic E-state index is 0.0144. The lowest BCUT2D eigenvalue weighted by molar-refractivity contribution is -0.145. The van der Waals surface area contributed by atoms with Crippen LogP contribution in [0.2, 0.25) is 0 Å². The highest BCUT2D eigenvalue weighted by atomic mass is 19.4. The van der Waals surface area contributed by atoms with E-state index in [4.69, 9.17) is 4.74 Å². The monoisotopic (exact) mass is 418 g/mol. The van der Waals surface area contributed by atoms with E-state index in [9.17, 15) is 26.7 Å². The number of fused-ring (bicyclic) bond motifs is 1. The lowest BCUT2D eigenvalue weighted by atomic mass is 9.96. The van der Waals surface area contributed by atoms with Crippen LogP contribution >= 0.6 is 0 Å². The van der Waals surface area contributed by atoms with Crippen LogP contribution in [0.15, 0.2) is 35.5 Å². The predicted octanol–water partition coefficient (Wildman–Crippen LogP) is 3.75. The number of nitrogens with zero attached hydrogens (tertiary/aromatic N) is 3. The van der Waals surface area contributed by atoms with Gasteiger partial charge < -0.3 is 14.8 Å². The molecule has 29 heavy (non-hydrogen) atoms. The lowest BCUT2D eigenvalue weighted by Crippen LogP contribution is -2.29. The third-order valence-electron chi connectivity index (χ3n) is 4.02. The van der Waals surface area contributed by atoms with Gasteiger partial charge in [0, 0.05) is 5.70 Å². The van der Waals surface area contributed by atoms with Crippen molar-refractivity contribution in [3.8, 4) is 5.75 Å². The molecule has 2 aromatic rings. The van der Waals surface area contributed by atoms with Gasteiger partial charge in [-0.3, -0.25) is 0 Å². The number of hydrogen-bond donors (Lipinski definition) is 1. The summed E-state index contributed by atoms with van der Waals surface area (Å²) >= 11 is 0. The Morgan fingerprint density at radius 3 is 2.48 bits per heavy atom. The highest BCUT2D eigenvalue weighted by Crippen LogP contribution is 2.38. The molecule has 2 heterocycles. The van der Waals surface area contributed by atoms with Crippen molar-refractivity contribution in [2.75, 3.05) is 11.9 Å². The van der Waals surface area contributed by atoms with Crippen LogP contribution in [0, 0.1) is 0 Å².